The van der Waals surface area contributed by atoms with Crippen molar-refractivity contribution >= 4 is 5.91 Å². The maximum atomic E-state index is 12.5. The molecule has 0 aromatic heterocycles. The van der Waals surface area contributed by atoms with Gasteiger partial charge in [0.15, 0.2) is 0 Å². The first kappa shape index (κ1) is 18.2. The summed E-state index contributed by atoms with van der Waals surface area (Å²) >= 11 is 0. The number of nitrogens with zero attached hydrogens (tertiary/aromatic N) is 1. The van der Waals surface area contributed by atoms with Crippen LogP contribution in [0.5, 0.6) is 5.75 Å². The first-order valence-corrected chi connectivity index (χ1v) is 9.42. The zero-order valence-electron chi connectivity index (χ0n) is 15.4. The summed E-state index contributed by atoms with van der Waals surface area (Å²) in [7, 11) is 1.60. The summed E-state index contributed by atoms with van der Waals surface area (Å²) in [5.74, 6) is 1.17. The van der Waals surface area contributed by atoms with Crippen molar-refractivity contribution in [2.45, 2.75) is 38.6 Å². The number of carbonyl (C=O) groups excluding carboxylic acids is 1. The Balaban J connectivity index is 1.46. The molecule has 3 rings (SSSR count). The van der Waals surface area contributed by atoms with Crippen LogP contribution in [-0.2, 0) is 4.74 Å². The van der Waals surface area contributed by atoms with E-state index in [0.717, 1.165) is 64.1 Å². The van der Waals surface area contributed by atoms with Crippen molar-refractivity contribution < 1.29 is 14.3 Å². The second kappa shape index (κ2) is 8.68. The lowest BCUT2D eigenvalue weighted by Gasteiger charge is -2.39. The van der Waals surface area contributed by atoms with Gasteiger partial charge in [-0.05, 0) is 63.7 Å². The minimum Gasteiger partial charge on any atom is -0.496 e. The molecular weight excluding hydrogens is 316 g/mol. The van der Waals surface area contributed by atoms with Crippen molar-refractivity contribution in [3.63, 3.8) is 0 Å². The first-order chi connectivity index (χ1) is 12.2. The molecule has 0 saturated carbocycles. The van der Waals surface area contributed by atoms with Crippen molar-refractivity contribution in [1.29, 1.82) is 0 Å². The molecule has 1 amide bonds. The Morgan fingerprint density at radius 2 is 1.96 bits per heavy atom. The molecule has 0 radical (unpaired) electrons. The van der Waals surface area contributed by atoms with E-state index in [2.05, 4.69) is 10.2 Å². The summed E-state index contributed by atoms with van der Waals surface area (Å²) < 4.78 is 10.8. The zero-order valence-corrected chi connectivity index (χ0v) is 15.4. The van der Waals surface area contributed by atoms with Gasteiger partial charge in [0.1, 0.15) is 5.75 Å². The molecule has 2 aliphatic heterocycles. The average Bonchev–Trinajstić information content (AvgIpc) is 2.67. The highest BCUT2D eigenvalue weighted by Crippen LogP contribution is 2.23. The van der Waals surface area contributed by atoms with Crippen LogP contribution in [-0.4, -0.2) is 56.8 Å². The maximum absolute atomic E-state index is 12.5. The molecule has 0 aliphatic carbocycles. The van der Waals surface area contributed by atoms with Gasteiger partial charge in [0, 0.05) is 25.8 Å². The molecule has 138 valence electrons. The van der Waals surface area contributed by atoms with E-state index in [1.54, 1.807) is 7.11 Å². The van der Waals surface area contributed by atoms with Gasteiger partial charge in [-0.25, -0.2) is 0 Å². The number of carbonyl (C=O) groups is 1. The van der Waals surface area contributed by atoms with Crippen molar-refractivity contribution in [2.75, 3.05) is 40.0 Å². The van der Waals surface area contributed by atoms with Crippen LogP contribution in [0.1, 0.15) is 41.6 Å². The fraction of sp³-hybridized carbons (Fsp3) is 0.650. The summed E-state index contributed by atoms with van der Waals surface area (Å²) in [6.45, 7) is 6.82. The van der Waals surface area contributed by atoms with Crippen LogP contribution in [0.4, 0.5) is 0 Å². The number of rotatable bonds is 5. The Bertz CT molecular complexity index is 576. The SMILES string of the molecule is COc1ccc(C)cc1C(=O)NCC1CCN(C2CCOCC2)CC1. The van der Waals surface area contributed by atoms with Gasteiger partial charge in [-0.1, -0.05) is 11.6 Å². The largest absolute Gasteiger partial charge is 0.496 e. The van der Waals surface area contributed by atoms with Gasteiger partial charge in [-0.3, -0.25) is 4.79 Å². The third kappa shape index (κ3) is 4.73. The van der Waals surface area contributed by atoms with Crippen molar-refractivity contribution in [3.8, 4) is 5.75 Å². The predicted molar refractivity (Wildman–Crippen MR) is 98.2 cm³/mol. The second-order valence-corrected chi connectivity index (χ2v) is 7.24. The molecule has 0 spiro atoms. The number of ether oxygens (including phenoxy) is 2. The second-order valence-electron chi connectivity index (χ2n) is 7.24. The van der Waals surface area contributed by atoms with E-state index in [9.17, 15) is 4.79 Å². The van der Waals surface area contributed by atoms with Crippen LogP contribution >= 0.6 is 0 Å². The molecule has 1 aromatic carbocycles. The predicted octanol–water partition coefficient (Wildman–Crippen LogP) is 2.62. The van der Waals surface area contributed by atoms with E-state index in [1.165, 1.54) is 0 Å². The Labute approximate surface area is 150 Å². The minimum absolute atomic E-state index is 0.0348. The summed E-state index contributed by atoms with van der Waals surface area (Å²) in [5, 5.41) is 3.11. The van der Waals surface area contributed by atoms with Gasteiger partial charge < -0.3 is 19.7 Å². The number of methoxy groups -OCH3 is 1. The summed E-state index contributed by atoms with van der Waals surface area (Å²) in [6, 6.07) is 6.40. The smallest absolute Gasteiger partial charge is 0.255 e. The molecule has 5 nitrogen and oxygen atoms in total. The van der Waals surface area contributed by atoms with Crippen LogP contribution in [0.3, 0.4) is 0 Å². The average molecular weight is 346 g/mol. The van der Waals surface area contributed by atoms with Gasteiger partial charge in [0.05, 0.1) is 12.7 Å². The van der Waals surface area contributed by atoms with E-state index >= 15 is 0 Å². The molecule has 0 bridgehead atoms. The van der Waals surface area contributed by atoms with Gasteiger partial charge >= 0.3 is 0 Å². The third-order valence-electron chi connectivity index (χ3n) is 5.51. The maximum Gasteiger partial charge on any atom is 0.255 e. The number of hydrogen-bond donors (Lipinski definition) is 1. The normalized spacial score (nSPS) is 20.4. The number of amides is 1. The lowest BCUT2D eigenvalue weighted by molar-refractivity contribution is 0.0211. The lowest BCUT2D eigenvalue weighted by Crippen LogP contribution is -2.45. The van der Waals surface area contributed by atoms with Crippen molar-refractivity contribution in [2.24, 2.45) is 5.92 Å². The molecule has 2 fully saturated rings. The molecule has 2 aliphatic rings. The van der Waals surface area contributed by atoms with E-state index in [0.29, 0.717) is 23.3 Å². The summed E-state index contributed by atoms with van der Waals surface area (Å²) in [5.41, 5.74) is 1.69. The van der Waals surface area contributed by atoms with Crippen LogP contribution in [0.2, 0.25) is 0 Å². The summed E-state index contributed by atoms with van der Waals surface area (Å²) in [4.78, 5) is 15.1. The van der Waals surface area contributed by atoms with Crippen LogP contribution in [0.15, 0.2) is 18.2 Å². The molecule has 25 heavy (non-hydrogen) atoms. The number of piperidine rings is 1. The third-order valence-corrected chi connectivity index (χ3v) is 5.51. The van der Waals surface area contributed by atoms with Gasteiger partial charge in [-0.2, -0.15) is 0 Å². The molecule has 1 N–H and O–H groups in total. The molecule has 1 aromatic rings. The highest BCUT2D eigenvalue weighted by molar-refractivity contribution is 5.97. The quantitative estimate of drug-likeness (QED) is 0.890. The zero-order chi connectivity index (χ0) is 17.6. The number of likely N-dealkylation sites (tertiary alicyclic amines) is 1. The van der Waals surface area contributed by atoms with E-state index in [-0.39, 0.29) is 5.91 Å². The fourth-order valence-electron chi connectivity index (χ4n) is 3.90. The standard InChI is InChI=1S/C20H30N2O3/c1-15-3-4-19(24-2)18(13-15)20(23)21-14-16-5-9-22(10-6-16)17-7-11-25-12-8-17/h3-4,13,16-17H,5-12,14H2,1-2H3,(H,21,23). The topological polar surface area (TPSA) is 50.8 Å². The highest BCUT2D eigenvalue weighted by Gasteiger charge is 2.26. The number of hydrogen-bond acceptors (Lipinski definition) is 4. The molecule has 2 heterocycles. The molecular formula is C20H30N2O3. The first-order valence-electron chi connectivity index (χ1n) is 9.42. The van der Waals surface area contributed by atoms with Crippen LogP contribution in [0, 0.1) is 12.8 Å². The Kier molecular flexibility index (Phi) is 6.32. The van der Waals surface area contributed by atoms with Gasteiger partial charge in [-0.15, -0.1) is 0 Å². The molecule has 0 unspecified atom stereocenters. The van der Waals surface area contributed by atoms with Crippen molar-refractivity contribution in [1.82, 2.24) is 10.2 Å². The number of nitrogens with one attached hydrogen (secondary N) is 1. The van der Waals surface area contributed by atoms with E-state index in [1.807, 2.05) is 25.1 Å². The Hall–Kier alpha value is -1.59. The van der Waals surface area contributed by atoms with Gasteiger partial charge in [0.2, 0.25) is 0 Å². The fourth-order valence-corrected chi connectivity index (χ4v) is 3.90. The summed E-state index contributed by atoms with van der Waals surface area (Å²) in [6.07, 6.45) is 4.63. The van der Waals surface area contributed by atoms with E-state index in [4.69, 9.17) is 9.47 Å². The van der Waals surface area contributed by atoms with E-state index < -0.39 is 0 Å². The molecule has 0 atom stereocenters. The van der Waals surface area contributed by atoms with Crippen molar-refractivity contribution in [3.05, 3.63) is 29.3 Å². The Morgan fingerprint density at radius 1 is 1.24 bits per heavy atom. The minimum atomic E-state index is -0.0348. The monoisotopic (exact) mass is 346 g/mol. The Morgan fingerprint density at radius 3 is 2.64 bits per heavy atom. The van der Waals surface area contributed by atoms with Gasteiger partial charge in [0.25, 0.3) is 5.91 Å². The highest BCUT2D eigenvalue weighted by atomic mass is 16.5. The number of aryl methyl sites for hydroxylation is 1. The molecule has 2 saturated heterocycles. The molecule has 5 heteroatoms. The lowest BCUT2D eigenvalue weighted by atomic mass is 9.94. The van der Waals surface area contributed by atoms with Crippen LogP contribution < -0.4 is 10.1 Å². The number of benzene rings is 1. The van der Waals surface area contributed by atoms with Crippen LogP contribution in [0.25, 0.3) is 0 Å².